The highest BCUT2D eigenvalue weighted by Crippen LogP contribution is 2.30. The fourth-order valence-corrected chi connectivity index (χ4v) is 2.74. The summed E-state index contributed by atoms with van der Waals surface area (Å²) in [6, 6.07) is 6.61. The minimum Gasteiger partial charge on any atom is -0.478 e. The number of nitrogens with zero attached hydrogens (tertiary/aromatic N) is 2. The zero-order valence-corrected chi connectivity index (χ0v) is 11.9. The van der Waals surface area contributed by atoms with Gasteiger partial charge in [-0.2, -0.15) is 0 Å². The molecule has 19 heavy (non-hydrogen) atoms. The van der Waals surface area contributed by atoms with Gasteiger partial charge in [0.05, 0.1) is 5.56 Å². The van der Waals surface area contributed by atoms with Crippen molar-refractivity contribution >= 4 is 29.3 Å². The van der Waals surface area contributed by atoms with Gasteiger partial charge in [-0.1, -0.05) is 11.6 Å². The molecule has 0 bridgehead atoms. The molecule has 0 aliphatic heterocycles. The van der Waals surface area contributed by atoms with E-state index in [1.807, 2.05) is 19.9 Å². The van der Waals surface area contributed by atoms with Gasteiger partial charge in [-0.25, -0.2) is 14.8 Å². The summed E-state index contributed by atoms with van der Waals surface area (Å²) >= 11 is 7.03. The van der Waals surface area contributed by atoms with Gasteiger partial charge in [0.2, 0.25) is 0 Å². The maximum absolute atomic E-state index is 11.2. The van der Waals surface area contributed by atoms with Crippen LogP contribution in [0.3, 0.4) is 0 Å². The van der Waals surface area contributed by atoms with Gasteiger partial charge in [0.1, 0.15) is 0 Å². The third-order valence-corrected chi connectivity index (χ3v) is 3.51. The smallest absolute Gasteiger partial charge is 0.336 e. The number of carboxylic acid groups (broad SMARTS) is 1. The topological polar surface area (TPSA) is 63.1 Å². The molecule has 1 N–H and O–H groups in total. The summed E-state index contributed by atoms with van der Waals surface area (Å²) in [4.78, 5) is 20.3. The quantitative estimate of drug-likeness (QED) is 0.876. The molecule has 6 heteroatoms. The van der Waals surface area contributed by atoms with Gasteiger partial charge < -0.3 is 5.11 Å². The van der Waals surface area contributed by atoms with Gasteiger partial charge in [0, 0.05) is 21.3 Å². The fourth-order valence-electron chi connectivity index (χ4n) is 1.60. The molecule has 1 aromatic heterocycles. The molecule has 1 aromatic carbocycles. The van der Waals surface area contributed by atoms with E-state index in [1.54, 1.807) is 12.1 Å². The highest BCUT2D eigenvalue weighted by molar-refractivity contribution is 7.99. The minimum atomic E-state index is -1.02. The van der Waals surface area contributed by atoms with E-state index in [4.69, 9.17) is 16.7 Å². The Morgan fingerprint density at radius 1 is 1.21 bits per heavy atom. The van der Waals surface area contributed by atoms with Gasteiger partial charge in [-0.05, 0) is 49.9 Å². The molecule has 0 saturated carbocycles. The summed E-state index contributed by atoms with van der Waals surface area (Å²) < 4.78 is 0. The maximum atomic E-state index is 11.2. The zero-order valence-electron chi connectivity index (χ0n) is 10.3. The van der Waals surface area contributed by atoms with Crippen molar-refractivity contribution in [1.82, 2.24) is 9.97 Å². The number of rotatable bonds is 3. The number of halogens is 1. The number of hydrogen-bond acceptors (Lipinski definition) is 4. The van der Waals surface area contributed by atoms with Crippen molar-refractivity contribution in [2.24, 2.45) is 0 Å². The van der Waals surface area contributed by atoms with E-state index in [2.05, 4.69) is 9.97 Å². The summed E-state index contributed by atoms with van der Waals surface area (Å²) in [6.07, 6.45) is 0. The average Bonchev–Trinajstić information content (AvgIpc) is 2.30. The lowest BCUT2D eigenvalue weighted by Gasteiger charge is -2.06. The van der Waals surface area contributed by atoms with Crippen LogP contribution in [0.4, 0.5) is 0 Å². The molecule has 0 amide bonds. The first-order chi connectivity index (χ1) is 8.95. The lowest BCUT2D eigenvalue weighted by Crippen LogP contribution is -2.00. The summed E-state index contributed by atoms with van der Waals surface area (Å²) in [5.41, 5.74) is 1.85. The number of aromatic nitrogens is 2. The standard InChI is InChI=1S/C13H11ClN2O2S/c1-7-5-8(2)16-13(15-7)19-11-4-3-9(14)6-10(11)12(17)18/h3-6H,1-2H3,(H,17,18). The minimum absolute atomic E-state index is 0.153. The van der Waals surface area contributed by atoms with Gasteiger partial charge in [0.25, 0.3) is 0 Å². The molecule has 2 aromatic rings. The van der Waals surface area contributed by atoms with Gasteiger partial charge in [0.15, 0.2) is 5.16 Å². The van der Waals surface area contributed by atoms with E-state index >= 15 is 0 Å². The Bertz CT molecular complexity index is 626. The van der Waals surface area contributed by atoms with Crippen LogP contribution in [0.1, 0.15) is 21.7 Å². The summed E-state index contributed by atoms with van der Waals surface area (Å²) in [7, 11) is 0. The Morgan fingerprint density at radius 3 is 2.42 bits per heavy atom. The molecule has 98 valence electrons. The van der Waals surface area contributed by atoms with Crippen LogP contribution in [0.25, 0.3) is 0 Å². The second kappa shape index (κ2) is 5.59. The van der Waals surface area contributed by atoms with E-state index in [0.717, 1.165) is 11.4 Å². The number of benzene rings is 1. The van der Waals surface area contributed by atoms with Crippen LogP contribution < -0.4 is 0 Å². The Labute approximate surface area is 119 Å². The molecular weight excluding hydrogens is 284 g/mol. The van der Waals surface area contributed by atoms with E-state index in [0.29, 0.717) is 15.1 Å². The number of hydrogen-bond donors (Lipinski definition) is 1. The molecule has 4 nitrogen and oxygen atoms in total. The van der Waals surface area contributed by atoms with Crippen LogP contribution in [0.5, 0.6) is 0 Å². The second-order valence-corrected chi connectivity index (χ2v) is 5.43. The molecule has 0 aliphatic rings. The van der Waals surface area contributed by atoms with Gasteiger partial charge in [-0.3, -0.25) is 0 Å². The number of carbonyl (C=O) groups is 1. The van der Waals surface area contributed by atoms with Crippen LogP contribution in [-0.2, 0) is 0 Å². The predicted molar refractivity (Wildman–Crippen MR) is 74.0 cm³/mol. The molecule has 1 heterocycles. The highest BCUT2D eigenvalue weighted by atomic mass is 35.5. The number of carboxylic acids is 1. The third kappa shape index (κ3) is 3.45. The average molecular weight is 295 g/mol. The van der Waals surface area contributed by atoms with Crippen molar-refractivity contribution in [1.29, 1.82) is 0 Å². The lowest BCUT2D eigenvalue weighted by atomic mass is 10.2. The van der Waals surface area contributed by atoms with Crippen molar-refractivity contribution in [3.63, 3.8) is 0 Å². The van der Waals surface area contributed by atoms with Gasteiger partial charge >= 0.3 is 5.97 Å². The first-order valence-corrected chi connectivity index (χ1v) is 6.68. The van der Waals surface area contributed by atoms with Crippen LogP contribution in [0.15, 0.2) is 34.3 Å². The van der Waals surface area contributed by atoms with E-state index < -0.39 is 5.97 Å². The SMILES string of the molecule is Cc1cc(C)nc(Sc2ccc(Cl)cc2C(=O)O)n1. The number of aryl methyl sites for hydroxylation is 2. The van der Waals surface area contributed by atoms with Crippen LogP contribution in [-0.4, -0.2) is 21.0 Å². The van der Waals surface area contributed by atoms with Crippen LogP contribution in [0.2, 0.25) is 5.02 Å². The predicted octanol–water partition coefficient (Wildman–Crippen LogP) is 3.60. The lowest BCUT2D eigenvalue weighted by molar-refractivity contribution is 0.0693. The molecule has 0 aliphatic carbocycles. The highest BCUT2D eigenvalue weighted by Gasteiger charge is 2.13. The summed E-state index contributed by atoms with van der Waals surface area (Å²) in [5.74, 6) is -1.02. The molecule has 0 fully saturated rings. The zero-order chi connectivity index (χ0) is 14.0. The Kier molecular flexibility index (Phi) is 4.07. The normalized spacial score (nSPS) is 10.5. The summed E-state index contributed by atoms with van der Waals surface area (Å²) in [6.45, 7) is 3.75. The van der Waals surface area contributed by atoms with Crippen molar-refractivity contribution < 1.29 is 9.90 Å². The molecule has 0 spiro atoms. The van der Waals surface area contributed by atoms with E-state index in [1.165, 1.54) is 17.8 Å². The first kappa shape index (κ1) is 13.8. The van der Waals surface area contributed by atoms with Crippen LogP contribution in [0, 0.1) is 13.8 Å². The fraction of sp³-hybridized carbons (Fsp3) is 0.154. The van der Waals surface area contributed by atoms with Crippen molar-refractivity contribution in [3.8, 4) is 0 Å². The molecule has 0 radical (unpaired) electrons. The molecule has 0 unspecified atom stereocenters. The summed E-state index contributed by atoms with van der Waals surface area (Å²) in [5, 5.41) is 10.1. The van der Waals surface area contributed by atoms with E-state index in [-0.39, 0.29) is 5.56 Å². The van der Waals surface area contributed by atoms with Crippen LogP contribution >= 0.6 is 23.4 Å². The third-order valence-electron chi connectivity index (χ3n) is 2.34. The monoisotopic (exact) mass is 294 g/mol. The van der Waals surface area contributed by atoms with Crippen molar-refractivity contribution in [2.75, 3.05) is 0 Å². The van der Waals surface area contributed by atoms with Crippen molar-refractivity contribution in [3.05, 3.63) is 46.2 Å². The molecule has 0 atom stereocenters. The Hall–Kier alpha value is -1.59. The molecular formula is C13H11ClN2O2S. The largest absolute Gasteiger partial charge is 0.478 e. The molecule has 2 rings (SSSR count). The van der Waals surface area contributed by atoms with Crippen molar-refractivity contribution in [2.45, 2.75) is 23.9 Å². The van der Waals surface area contributed by atoms with Gasteiger partial charge in [-0.15, -0.1) is 0 Å². The Morgan fingerprint density at radius 2 is 1.84 bits per heavy atom. The molecule has 0 saturated heterocycles. The second-order valence-electron chi connectivity index (χ2n) is 3.98. The van der Waals surface area contributed by atoms with E-state index in [9.17, 15) is 4.79 Å². The Balaban J connectivity index is 2.40. The number of aromatic carboxylic acids is 1. The maximum Gasteiger partial charge on any atom is 0.336 e. The first-order valence-electron chi connectivity index (χ1n) is 5.48.